The van der Waals surface area contributed by atoms with Crippen molar-refractivity contribution in [1.82, 2.24) is 10.2 Å². The van der Waals surface area contributed by atoms with Gasteiger partial charge in [0.15, 0.2) is 11.6 Å². The Morgan fingerprint density at radius 2 is 1.72 bits per heavy atom. The molecule has 25 heavy (non-hydrogen) atoms. The highest BCUT2D eigenvalue weighted by Crippen LogP contribution is 2.29. The zero-order chi connectivity index (χ0) is 17.9. The lowest BCUT2D eigenvalue weighted by Crippen LogP contribution is -2.36. The van der Waals surface area contributed by atoms with Crippen molar-refractivity contribution >= 4 is 17.5 Å². The van der Waals surface area contributed by atoms with Gasteiger partial charge in [0.05, 0.1) is 18.8 Å². The van der Waals surface area contributed by atoms with E-state index < -0.39 is 17.6 Å². The van der Waals surface area contributed by atoms with Crippen LogP contribution in [0.3, 0.4) is 0 Å². The third-order valence-electron chi connectivity index (χ3n) is 3.70. The van der Waals surface area contributed by atoms with Gasteiger partial charge in [-0.3, -0.25) is 4.79 Å². The number of carbonyl (C=O) groups excluding carboxylic acids is 1. The molecule has 9 heteroatoms. The van der Waals surface area contributed by atoms with Crippen LogP contribution in [0.2, 0.25) is 0 Å². The number of alkyl halides is 3. The molecule has 0 saturated carbocycles. The van der Waals surface area contributed by atoms with Gasteiger partial charge in [0.1, 0.15) is 0 Å². The maximum Gasteiger partial charge on any atom is 0.416 e. The van der Waals surface area contributed by atoms with Gasteiger partial charge in [0, 0.05) is 18.7 Å². The van der Waals surface area contributed by atoms with Crippen LogP contribution in [0, 0.1) is 0 Å². The van der Waals surface area contributed by atoms with Gasteiger partial charge >= 0.3 is 6.18 Å². The SMILES string of the molecule is O=C(Nc1ccc(N2CCOCC2)nn1)c1ccc(C(F)(F)F)cc1. The standard InChI is InChI=1S/C16H15F3N4O2/c17-16(18,19)12-3-1-11(2-4-12)15(24)20-13-5-6-14(22-21-13)23-7-9-25-10-8-23/h1-6H,7-10H2,(H,20,21,24). The summed E-state index contributed by atoms with van der Waals surface area (Å²) in [6, 6.07) is 7.28. The number of halogens is 3. The zero-order valence-electron chi connectivity index (χ0n) is 13.1. The molecule has 1 saturated heterocycles. The molecule has 1 aliphatic rings. The van der Waals surface area contributed by atoms with Crippen molar-refractivity contribution < 1.29 is 22.7 Å². The predicted octanol–water partition coefficient (Wildman–Crippen LogP) is 2.58. The Morgan fingerprint density at radius 3 is 2.28 bits per heavy atom. The molecule has 0 radical (unpaired) electrons. The molecule has 2 heterocycles. The Bertz CT molecular complexity index is 727. The van der Waals surface area contributed by atoms with Crippen LogP contribution < -0.4 is 10.2 Å². The number of aromatic nitrogens is 2. The number of rotatable bonds is 3. The first kappa shape index (κ1) is 17.2. The molecule has 0 spiro atoms. The van der Waals surface area contributed by atoms with Gasteiger partial charge in [-0.1, -0.05) is 0 Å². The van der Waals surface area contributed by atoms with Gasteiger partial charge in [-0.15, -0.1) is 10.2 Å². The van der Waals surface area contributed by atoms with E-state index in [0.29, 0.717) is 32.1 Å². The number of ether oxygens (including phenoxy) is 1. The quantitative estimate of drug-likeness (QED) is 0.920. The Kier molecular flexibility index (Phi) is 4.84. The summed E-state index contributed by atoms with van der Waals surface area (Å²) >= 11 is 0. The number of carbonyl (C=O) groups is 1. The second-order valence-electron chi connectivity index (χ2n) is 5.41. The molecule has 2 aromatic rings. The maximum absolute atomic E-state index is 12.5. The highest BCUT2D eigenvalue weighted by molar-refractivity contribution is 6.03. The number of amides is 1. The number of hydrogen-bond acceptors (Lipinski definition) is 5. The van der Waals surface area contributed by atoms with Crippen molar-refractivity contribution in [2.45, 2.75) is 6.18 Å². The van der Waals surface area contributed by atoms with E-state index in [-0.39, 0.29) is 11.4 Å². The Labute approximate surface area is 141 Å². The molecule has 0 bridgehead atoms. The number of hydrogen-bond donors (Lipinski definition) is 1. The van der Waals surface area contributed by atoms with Crippen molar-refractivity contribution in [2.24, 2.45) is 0 Å². The van der Waals surface area contributed by atoms with Crippen LogP contribution >= 0.6 is 0 Å². The predicted molar refractivity (Wildman–Crippen MR) is 84.5 cm³/mol. The van der Waals surface area contributed by atoms with Crippen molar-refractivity contribution in [3.63, 3.8) is 0 Å². The molecule has 6 nitrogen and oxygen atoms in total. The molecule has 1 aromatic carbocycles. The van der Waals surface area contributed by atoms with Crippen LogP contribution in [0.15, 0.2) is 36.4 Å². The van der Waals surface area contributed by atoms with Crippen LogP contribution in [0.5, 0.6) is 0 Å². The fraction of sp³-hybridized carbons (Fsp3) is 0.312. The lowest BCUT2D eigenvalue weighted by molar-refractivity contribution is -0.137. The number of nitrogens with one attached hydrogen (secondary N) is 1. The van der Waals surface area contributed by atoms with Crippen molar-refractivity contribution in [2.75, 3.05) is 36.5 Å². The summed E-state index contributed by atoms with van der Waals surface area (Å²) in [5.74, 6) is 0.347. The highest BCUT2D eigenvalue weighted by Gasteiger charge is 2.30. The van der Waals surface area contributed by atoms with Crippen molar-refractivity contribution in [3.8, 4) is 0 Å². The average Bonchev–Trinajstić information content (AvgIpc) is 2.62. The summed E-state index contributed by atoms with van der Waals surface area (Å²) in [7, 11) is 0. The summed E-state index contributed by atoms with van der Waals surface area (Å²) < 4.78 is 42.8. The molecular formula is C16H15F3N4O2. The minimum absolute atomic E-state index is 0.104. The smallest absolute Gasteiger partial charge is 0.378 e. The van der Waals surface area contributed by atoms with Crippen LogP contribution in [0.4, 0.5) is 24.8 Å². The first-order valence-electron chi connectivity index (χ1n) is 7.58. The number of morpholine rings is 1. The second kappa shape index (κ2) is 7.06. The fourth-order valence-electron chi connectivity index (χ4n) is 2.35. The minimum atomic E-state index is -4.43. The van der Waals surface area contributed by atoms with Gasteiger partial charge in [-0.25, -0.2) is 0 Å². The Hall–Kier alpha value is -2.68. The van der Waals surface area contributed by atoms with Gasteiger partial charge in [-0.2, -0.15) is 13.2 Å². The summed E-state index contributed by atoms with van der Waals surface area (Å²) in [5, 5.41) is 10.5. The normalized spacial score (nSPS) is 15.1. The molecule has 0 aliphatic carbocycles. The van der Waals surface area contributed by atoms with Gasteiger partial charge in [0.25, 0.3) is 5.91 Å². The zero-order valence-corrected chi connectivity index (χ0v) is 13.1. The fourth-order valence-corrected chi connectivity index (χ4v) is 2.35. The summed E-state index contributed by atoms with van der Waals surface area (Å²) in [6.07, 6.45) is -4.43. The maximum atomic E-state index is 12.5. The molecule has 0 atom stereocenters. The highest BCUT2D eigenvalue weighted by atomic mass is 19.4. The van der Waals surface area contributed by atoms with E-state index in [2.05, 4.69) is 15.5 Å². The van der Waals surface area contributed by atoms with Crippen LogP contribution in [0.25, 0.3) is 0 Å². The van der Waals surface area contributed by atoms with Crippen LogP contribution in [-0.4, -0.2) is 42.4 Å². The third kappa shape index (κ3) is 4.24. The average molecular weight is 352 g/mol. The van der Waals surface area contributed by atoms with E-state index in [9.17, 15) is 18.0 Å². The monoisotopic (exact) mass is 352 g/mol. The van der Waals surface area contributed by atoms with Crippen molar-refractivity contribution in [3.05, 3.63) is 47.5 Å². The van der Waals surface area contributed by atoms with Crippen molar-refractivity contribution in [1.29, 1.82) is 0 Å². The third-order valence-corrected chi connectivity index (χ3v) is 3.70. The molecule has 1 N–H and O–H groups in total. The molecule has 1 fully saturated rings. The molecule has 1 aliphatic heterocycles. The van der Waals surface area contributed by atoms with Gasteiger partial charge in [-0.05, 0) is 36.4 Å². The van der Waals surface area contributed by atoms with E-state index in [4.69, 9.17) is 4.74 Å². The summed E-state index contributed by atoms with van der Waals surface area (Å²) in [6.45, 7) is 2.67. The van der Waals surface area contributed by atoms with E-state index in [1.54, 1.807) is 12.1 Å². The Balaban J connectivity index is 1.64. The van der Waals surface area contributed by atoms with E-state index in [0.717, 1.165) is 24.3 Å². The molecule has 132 valence electrons. The number of benzene rings is 1. The Morgan fingerprint density at radius 1 is 1.04 bits per heavy atom. The van der Waals surface area contributed by atoms with Gasteiger partial charge < -0.3 is 15.0 Å². The first-order chi connectivity index (χ1) is 11.9. The number of nitrogens with zero attached hydrogens (tertiary/aromatic N) is 3. The van der Waals surface area contributed by atoms with Crippen LogP contribution in [0.1, 0.15) is 15.9 Å². The van der Waals surface area contributed by atoms with Crippen LogP contribution in [-0.2, 0) is 10.9 Å². The largest absolute Gasteiger partial charge is 0.416 e. The first-order valence-corrected chi connectivity index (χ1v) is 7.58. The van der Waals surface area contributed by atoms with Gasteiger partial charge in [0.2, 0.25) is 0 Å². The van der Waals surface area contributed by atoms with E-state index in [1.807, 2.05) is 4.90 Å². The lowest BCUT2D eigenvalue weighted by atomic mass is 10.1. The van der Waals surface area contributed by atoms with E-state index in [1.165, 1.54) is 0 Å². The molecular weight excluding hydrogens is 337 g/mol. The second-order valence-corrected chi connectivity index (χ2v) is 5.41. The minimum Gasteiger partial charge on any atom is -0.378 e. The lowest BCUT2D eigenvalue weighted by Gasteiger charge is -2.27. The molecule has 1 aromatic heterocycles. The summed E-state index contributed by atoms with van der Waals surface area (Å²) in [4.78, 5) is 14.1. The molecule has 0 unspecified atom stereocenters. The molecule has 3 rings (SSSR count). The number of anilines is 2. The topological polar surface area (TPSA) is 67.4 Å². The van der Waals surface area contributed by atoms with E-state index >= 15 is 0 Å². The summed E-state index contributed by atoms with van der Waals surface area (Å²) in [5.41, 5.74) is -0.703. The molecule has 1 amide bonds.